The second kappa shape index (κ2) is 7.97. The number of unbranched alkanes of at least 4 members (excludes halogenated alkanes) is 1. The van der Waals surface area contributed by atoms with Crippen LogP contribution in [-0.4, -0.2) is 4.98 Å². The van der Waals surface area contributed by atoms with Crippen LogP contribution in [0, 0.1) is 0 Å². The van der Waals surface area contributed by atoms with Gasteiger partial charge in [0.2, 0.25) is 0 Å². The molecule has 0 amide bonds. The molecule has 2 heteroatoms. The first-order chi connectivity index (χ1) is 11.3. The fourth-order valence-electron chi connectivity index (χ4n) is 3.73. The minimum Gasteiger partial charge on any atom is -0.244 e. The quantitative estimate of drug-likeness (QED) is 0.570. The van der Waals surface area contributed by atoms with Crippen molar-refractivity contribution in [2.24, 2.45) is 0 Å². The van der Waals surface area contributed by atoms with E-state index in [1.165, 1.54) is 61.6 Å². The first-order valence-corrected chi connectivity index (χ1v) is 9.34. The summed E-state index contributed by atoms with van der Waals surface area (Å²) < 4.78 is 0. The normalized spacial score (nSPS) is 21.3. The van der Waals surface area contributed by atoms with Crippen molar-refractivity contribution in [3.8, 4) is 0 Å². The molecule has 0 unspecified atom stereocenters. The Hall–Kier alpha value is -1.34. The van der Waals surface area contributed by atoms with Crippen molar-refractivity contribution in [2.45, 2.75) is 63.7 Å². The molecule has 1 fully saturated rings. The van der Waals surface area contributed by atoms with Gasteiger partial charge in [-0.25, -0.2) is 4.98 Å². The molecule has 2 aromatic rings. The van der Waals surface area contributed by atoms with Gasteiger partial charge in [-0.1, -0.05) is 55.3 Å². The summed E-state index contributed by atoms with van der Waals surface area (Å²) in [5, 5.41) is 0.589. The van der Waals surface area contributed by atoms with Crippen LogP contribution in [0.25, 0.3) is 0 Å². The van der Waals surface area contributed by atoms with Gasteiger partial charge < -0.3 is 0 Å². The molecule has 0 bridgehead atoms. The Kier molecular flexibility index (Phi) is 5.72. The number of hydrogen-bond donors (Lipinski definition) is 0. The van der Waals surface area contributed by atoms with Crippen LogP contribution in [0.15, 0.2) is 42.6 Å². The van der Waals surface area contributed by atoms with E-state index in [4.69, 9.17) is 11.6 Å². The molecule has 1 saturated carbocycles. The molecular formula is C21H26ClN. The number of benzene rings is 1. The zero-order valence-electron chi connectivity index (χ0n) is 14.0. The van der Waals surface area contributed by atoms with Crippen molar-refractivity contribution in [2.75, 3.05) is 0 Å². The maximum atomic E-state index is 5.89. The summed E-state index contributed by atoms with van der Waals surface area (Å²) in [6, 6.07) is 13.4. The summed E-state index contributed by atoms with van der Waals surface area (Å²) in [6.07, 6.45) is 10.8. The highest BCUT2D eigenvalue weighted by atomic mass is 35.5. The predicted molar refractivity (Wildman–Crippen MR) is 98.3 cm³/mol. The third-order valence-electron chi connectivity index (χ3n) is 5.22. The molecule has 1 heterocycles. The van der Waals surface area contributed by atoms with E-state index in [1.54, 1.807) is 0 Å². The van der Waals surface area contributed by atoms with Crippen LogP contribution in [0.1, 0.15) is 74.0 Å². The molecule has 0 N–H and O–H groups in total. The lowest BCUT2D eigenvalue weighted by Crippen LogP contribution is -2.12. The number of aryl methyl sites for hydroxylation is 1. The summed E-state index contributed by atoms with van der Waals surface area (Å²) in [7, 11) is 0. The van der Waals surface area contributed by atoms with Crippen molar-refractivity contribution in [3.63, 3.8) is 0 Å². The van der Waals surface area contributed by atoms with Gasteiger partial charge in [0.05, 0.1) is 0 Å². The van der Waals surface area contributed by atoms with E-state index in [0.717, 1.165) is 5.92 Å². The molecule has 1 nitrogen and oxygen atoms in total. The lowest BCUT2D eigenvalue weighted by Gasteiger charge is -2.29. The Bertz CT molecular complexity index is 595. The van der Waals surface area contributed by atoms with Crippen molar-refractivity contribution in [1.29, 1.82) is 0 Å². The van der Waals surface area contributed by atoms with Crippen LogP contribution in [0.5, 0.6) is 0 Å². The Balaban J connectivity index is 1.57. The molecule has 1 aromatic heterocycles. The monoisotopic (exact) mass is 327 g/mol. The molecule has 0 saturated heterocycles. The van der Waals surface area contributed by atoms with E-state index in [2.05, 4.69) is 42.2 Å². The van der Waals surface area contributed by atoms with Crippen LogP contribution in [0.2, 0.25) is 5.15 Å². The number of rotatable bonds is 5. The molecule has 0 aliphatic heterocycles. The molecule has 23 heavy (non-hydrogen) atoms. The Morgan fingerprint density at radius 2 is 1.52 bits per heavy atom. The van der Waals surface area contributed by atoms with E-state index in [-0.39, 0.29) is 0 Å². The maximum absolute atomic E-state index is 5.89. The molecule has 1 aliphatic carbocycles. The van der Waals surface area contributed by atoms with Gasteiger partial charge in [0.15, 0.2) is 0 Å². The standard InChI is InChI=1S/C21H26ClN/c1-2-3-4-16-5-7-17(8-6-16)18-9-11-19(12-10-18)20-13-14-21(22)23-15-20/h5-8,13-15,18-19H,2-4,9-12H2,1H3/t18-,19-. The van der Waals surface area contributed by atoms with Gasteiger partial charge >= 0.3 is 0 Å². The summed E-state index contributed by atoms with van der Waals surface area (Å²) >= 11 is 5.89. The van der Waals surface area contributed by atoms with Crippen molar-refractivity contribution >= 4 is 11.6 Å². The largest absolute Gasteiger partial charge is 0.244 e. The number of nitrogens with zero attached hydrogens (tertiary/aromatic N) is 1. The van der Waals surface area contributed by atoms with Crippen LogP contribution in [0.3, 0.4) is 0 Å². The Morgan fingerprint density at radius 1 is 0.913 bits per heavy atom. The van der Waals surface area contributed by atoms with Crippen LogP contribution < -0.4 is 0 Å². The molecule has 0 radical (unpaired) electrons. The molecule has 1 aromatic carbocycles. The van der Waals surface area contributed by atoms with E-state index in [1.807, 2.05) is 12.3 Å². The molecule has 0 atom stereocenters. The third kappa shape index (κ3) is 4.35. The highest BCUT2D eigenvalue weighted by Crippen LogP contribution is 2.40. The first-order valence-electron chi connectivity index (χ1n) is 8.96. The lowest BCUT2D eigenvalue weighted by atomic mass is 9.76. The zero-order valence-corrected chi connectivity index (χ0v) is 14.7. The fourth-order valence-corrected chi connectivity index (χ4v) is 3.84. The highest BCUT2D eigenvalue weighted by Gasteiger charge is 2.23. The van der Waals surface area contributed by atoms with Crippen LogP contribution in [0.4, 0.5) is 0 Å². The lowest BCUT2D eigenvalue weighted by molar-refractivity contribution is 0.396. The number of halogens is 1. The second-order valence-corrected chi connectivity index (χ2v) is 7.20. The van der Waals surface area contributed by atoms with Crippen molar-refractivity contribution < 1.29 is 0 Å². The Morgan fingerprint density at radius 3 is 2.09 bits per heavy atom. The molecule has 122 valence electrons. The maximum Gasteiger partial charge on any atom is 0.129 e. The van der Waals surface area contributed by atoms with E-state index in [9.17, 15) is 0 Å². The van der Waals surface area contributed by atoms with E-state index < -0.39 is 0 Å². The SMILES string of the molecule is CCCCc1ccc([C@H]2CC[C@H](c3ccc(Cl)nc3)CC2)cc1. The summed E-state index contributed by atoms with van der Waals surface area (Å²) in [4.78, 5) is 4.23. The number of hydrogen-bond acceptors (Lipinski definition) is 1. The smallest absolute Gasteiger partial charge is 0.129 e. The average Bonchev–Trinajstić information content (AvgIpc) is 2.61. The minimum absolute atomic E-state index is 0.589. The fraction of sp³-hybridized carbons (Fsp3) is 0.476. The predicted octanol–water partition coefficient (Wildman–Crippen LogP) is 6.52. The zero-order chi connectivity index (χ0) is 16.1. The molecular weight excluding hydrogens is 302 g/mol. The van der Waals surface area contributed by atoms with Gasteiger partial charge in [0, 0.05) is 6.20 Å². The van der Waals surface area contributed by atoms with Crippen LogP contribution >= 0.6 is 11.6 Å². The van der Waals surface area contributed by atoms with Crippen LogP contribution in [-0.2, 0) is 6.42 Å². The Labute approximate surface area is 145 Å². The summed E-state index contributed by atoms with van der Waals surface area (Å²) in [5.41, 5.74) is 4.36. The topological polar surface area (TPSA) is 12.9 Å². The minimum atomic E-state index is 0.589. The average molecular weight is 328 g/mol. The van der Waals surface area contributed by atoms with Gasteiger partial charge in [-0.2, -0.15) is 0 Å². The van der Waals surface area contributed by atoms with Crippen molar-refractivity contribution in [3.05, 3.63) is 64.4 Å². The van der Waals surface area contributed by atoms with Gasteiger partial charge in [-0.15, -0.1) is 0 Å². The van der Waals surface area contributed by atoms with Gasteiger partial charge in [0.1, 0.15) is 5.15 Å². The van der Waals surface area contributed by atoms with E-state index in [0.29, 0.717) is 11.1 Å². The number of aromatic nitrogens is 1. The van der Waals surface area contributed by atoms with Crippen molar-refractivity contribution in [1.82, 2.24) is 4.98 Å². The van der Waals surface area contributed by atoms with Gasteiger partial charge in [-0.3, -0.25) is 0 Å². The van der Waals surface area contributed by atoms with E-state index >= 15 is 0 Å². The molecule has 1 aliphatic rings. The summed E-state index contributed by atoms with van der Waals surface area (Å²) in [6.45, 7) is 2.25. The third-order valence-corrected chi connectivity index (χ3v) is 5.44. The number of pyridine rings is 1. The second-order valence-electron chi connectivity index (χ2n) is 6.81. The molecule has 3 rings (SSSR count). The highest BCUT2D eigenvalue weighted by molar-refractivity contribution is 6.29. The molecule has 0 spiro atoms. The van der Waals surface area contributed by atoms with Gasteiger partial charge in [0.25, 0.3) is 0 Å². The first kappa shape index (κ1) is 16.5. The van der Waals surface area contributed by atoms with Gasteiger partial charge in [-0.05, 0) is 73.1 Å². The summed E-state index contributed by atoms with van der Waals surface area (Å²) in [5.74, 6) is 1.38.